The van der Waals surface area contributed by atoms with Gasteiger partial charge in [-0.2, -0.15) is 0 Å². The SMILES string of the molecule is CSc1ccccc1NC(=O)CCN1CCCC1c1ccc2c(c1)OCCO2. The average molecular weight is 399 g/mol. The Morgan fingerprint density at radius 2 is 2.00 bits per heavy atom. The molecule has 1 N–H and O–H groups in total. The zero-order valence-electron chi connectivity index (χ0n) is 16.1. The lowest BCUT2D eigenvalue weighted by molar-refractivity contribution is -0.116. The highest BCUT2D eigenvalue weighted by atomic mass is 32.2. The van der Waals surface area contributed by atoms with E-state index in [0.29, 0.717) is 25.7 Å². The fraction of sp³-hybridized carbons (Fsp3) is 0.409. The monoisotopic (exact) mass is 398 g/mol. The van der Waals surface area contributed by atoms with Crippen molar-refractivity contribution in [1.82, 2.24) is 4.90 Å². The van der Waals surface area contributed by atoms with E-state index in [-0.39, 0.29) is 5.91 Å². The van der Waals surface area contributed by atoms with Crippen LogP contribution in [0.5, 0.6) is 11.5 Å². The van der Waals surface area contributed by atoms with Gasteiger partial charge in [0.15, 0.2) is 11.5 Å². The third-order valence-electron chi connectivity index (χ3n) is 5.32. The number of fused-ring (bicyclic) bond motifs is 1. The maximum absolute atomic E-state index is 12.5. The number of rotatable bonds is 6. The highest BCUT2D eigenvalue weighted by Crippen LogP contribution is 2.38. The summed E-state index contributed by atoms with van der Waals surface area (Å²) in [5.41, 5.74) is 2.14. The third kappa shape index (κ3) is 4.28. The van der Waals surface area contributed by atoms with Gasteiger partial charge < -0.3 is 14.8 Å². The summed E-state index contributed by atoms with van der Waals surface area (Å²) in [4.78, 5) is 16.0. The molecule has 0 radical (unpaired) electrons. The molecule has 1 saturated heterocycles. The Kier molecular flexibility index (Phi) is 6.07. The van der Waals surface area contributed by atoms with Crippen molar-refractivity contribution in [3.05, 3.63) is 48.0 Å². The van der Waals surface area contributed by atoms with E-state index in [2.05, 4.69) is 22.3 Å². The van der Waals surface area contributed by atoms with Crippen LogP contribution in [0.15, 0.2) is 47.4 Å². The first kappa shape index (κ1) is 19.2. The molecule has 2 heterocycles. The van der Waals surface area contributed by atoms with E-state index in [1.54, 1.807) is 11.8 Å². The average Bonchev–Trinajstić information content (AvgIpc) is 3.21. The number of nitrogens with zero attached hydrogens (tertiary/aromatic N) is 1. The predicted molar refractivity (Wildman–Crippen MR) is 112 cm³/mol. The number of ether oxygens (including phenoxy) is 2. The molecule has 5 nitrogen and oxygen atoms in total. The number of para-hydroxylation sites is 1. The molecule has 4 rings (SSSR count). The Bertz CT molecular complexity index is 842. The molecule has 1 fully saturated rings. The number of anilines is 1. The zero-order valence-corrected chi connectivity index (χ0v) is 17.0. The summed E-state index contributed by atoms with van der Waals surface area (Å²) in [7, 11) is 0. The number of hydrogen-bond acceptors (Lipinski definition) is 5. The Balaban J connectivity index is 1.37. The number of thioether (sulfide) groups is 1. The minimum atomic E-state index is 0.0642. The van der Waals surface area contributed by atoms with Gasteiger partial charge in [-0.25, -0.2) is 0 Å². The van der Waals surface area contributed by atoms with Crippen LogP contribution < -0.4 is 14.8 Å². The molecule has 0 aliphatic carbocycles. The summed E-state index contributed by atoms with van der Waals surface area (Å²) in [6.45, 7) is 2.99. The number of carbonyl (C=O) groups is 1. The quantitative estimate of drug-likeness (QED) is 0.734. The summed E-state index contributed by atoms with van der Waals surface area (Å²) in [6.07, 6.45) is 4.77. The Labute approximate surface area is 170 Å². The molecular formula is C22H26N2O3S. The lowest BCUT2D eigenvalue weighted by Crippen LogP contribution is -2.28. The van der Waals surface area contributed by atoms with E-state index in [9.17, 15) is 4.79 Å². The van der Waals surface area contributed by atoms with E-state index in [1.807, 2.05) is 36.6 Å². The second kappa shape index (κ2) is 8.88. The first-order chi connectivity index (χ1) is 13.7. The number of nitrogens with one attached hydrogen (secondary N) is 1. The fourth-order valence-corrected chi connectivity index (χ4v) is 4.50. The Morgan fingerprint density at radius 1 is 1.18 bits per heavy atom. The molecule has 0 aromatic heterocycles. The summed E-state index contributed by atoms with van der Waals surface area (Å²) in [5, 5.41) is 3.06. The maximum Gasteiger partial charge on any atom is 0.225 e. The number of carbonyl (C=O) groups excluding carboxylic acids is 1. The number of hydrogen-bond donors (Lipinski definition) is 1. The van der Waals surface area contributed by atoms with E-state index in [1.165, 1.54) is 5.56 Å². The summed E-state index contributed by atoms with van der Waals surface area (Å²) in [6, 6.07) is 14.5. The van der Waals surface area contributed by atoms with Gasteiger partial charge in [-0.05, 0) is 55.5 Å². The van der Waals surface area contributed by atoms with Crippen LogP contribution >= 0.6 is 11.8 Å². The molecule has 1 unspecified atom stereocenters. The largest absolute Gasteiger partial charge is 0.486 e. The third-order valence-corrected chi connectivity index (χ3v) is 6.12. The van der Waals surface area contributed by atoms with E-state index in [0.717, 1.165) is 48.0 Å². The van der Waals surface area contributed by atoms with E-state index in [4.69, 9.17) is 9.47 Å². The summed E-state index contributed by atoms with van der Waals surface area (Å²) >= 11 is 1.64. The second-order valence-electron chi connectivity index (χ2n) is 7.10. The van der Waals surface area contributed by atoms with Gasteiger partial charge in [0.05, 0.1) is 5.69 Å². The van der Waals surface area contributed by atoms with Gasteiger partial charge in [0.25, 0.3) is 0 Å². The first-order valence-corrected chi connectivity index (χ1v) is 11.0. The van der Waals surface area contributed by atoms with Gasteiger partial charge in [-0.1, -0.05) is 18.2 Å². The highest BCUT2D eigenvalue weighted by Gasteiger charge is 2.27. The van der Waals surface area contributed by atoms with Gasteiger partial charge in [-0.3, -0.25) is 9.69 Å². The van der Waals surface area contributed by atoms with Crippen molar-refractivity contribution in [3.63, 3.8) is 0 Å². The van der Waals surface area contributed by atoms with E-state index >= 15 is 0 Å². The van der Waals surface area contributed by atoms with Gasteiger partial charge in [-0.15, -0.1) is 11.8 Å². The van der Waals surface area contributed by atoms with Gasteiger partial charge in [0.2, 0.25) is 5.91 Å². The smallest absolute Gasteiger partial charge is 0.225 e. The van der Waals surface area contributed by atoms with Crippen molar-refractivity contribution in [2.24, 2.45) is 0 Å². The van der Waals surface area contributed by atoms with Crippen molar-refractivity contribution in [2.45, 2.75) is 30.2 Å². The molecule has 2 aromatic carbocycles. The predicted octanol–water partition coefficient (Wildman–Crippen LogP) is 4.35. The molecule has 6 heteroatoms. The molecule has 0 spiro atoms. The number of benzene rings is 2. The molecule has 148 valence electrons. The van der Waals surface area contributed by atoms with Crippen LogP contribution in [0.25, 0.3) is 0 Å². The topological polar surface area (TPSA) is 50.8 Å². The molecule has 1 amide bonds. The minimum absolute atomic E-state index is 0.0642. The molecule has 2 aliphatic heterocycles. The molecule has 28 heavy (non-hydrogen) atoms. The van der Waals surface area contributed by atoms with Gasteiger partial charge in [0, 0.05) is 23.9 Å². The van der Waals surface area contributed by atoms with Crippen molar-refractivity contribution < 1.29 is 14.3 Å². The normalized spacial score (nSPS) is 18.8. The minimum Gasteiger partial charge on any atom is -0.486 e. The number of likely N-dealkylation sites (tertiary alicyclic amines) is 1. The van der Waals surface area contributed by atoms with Gasteiger partial charge in [0.1, 0.15) is 13.2 Å². The molecular weight excluding hydrogens is 372 g/mol. The second-order valence-corrected chi connectivity index (χ2v) is 7.94. The van der Waals surface area contributed by atoms with Crippen LogP contribution in [0.3, 0.4) is 0 Å². The molecule has 1 atom stereocenters. The maximum atomic E-state index is 12.5. The first-order valence-electron chi connectivity index (χ1n) is 9.81. The Morgan fingerprint density at radius 3 is 2.86 bits per heavy atom. The summed E-state index contributed by atoms with van der Waals surface area (Å²) < 4.78 is 11.4. The van der Waals surface area contributed by atoms with Gasteiger partial charge >= 0.3 is 0 Å². The van der Waals surface area contributed by atoms with E-state index < -0.39 is 0 Å². The molecule has 2 aromatic rings. The van der Waals surface area contributed by atoms with Crippen LogP contribution in [0.2, 0.25) is 0 Å². The van der Waals surface area contributed by atoms with Crippen LogP contribution in [0.4, 0.5) is 5.69 Å². The Hall–Kier alpha value is -2.18. The standard InChI is InChI=1S/C22H26N2O3S/c1-28-21-7-3-2-5-17(21)23-22(25)10-12-24-11-4-6-18(24)16-8-9-19-20(15-16)27-14-13-26-19/h2-3,5,7-9,15,18H,4,6,10-14H2,1H3,(H,23,25). The number of amides is 1. The molecule has 0 bridgehead atoms. The lowest BCUT2D eigenvalue weighted by atomic mass is 10.0. The van der Waals surface area contributed by atoms with Crippen LogP contribution in [-0.4, -0.2) is 43.4 Å². The zero-order chi connectivity index (χ0) is 19.3. The van der Waals surface area contributed by atoms with Crippen molar-refractivity contribution in [1.29, 1.82) is 0 Å². The van der Waals surface area contributed by atoms with Crippen molar-refractivity contribution >= 4 is 23.4 Å². The van der Waals surface area contributed by atoms with Crippen LogP contribution in [0.1, 0.15) is 30.9 Å². The van der Waals surface area contributed by atoms with Crippen molar-refractivity contribution in [3.8, 4) is 11.5 Å². The summed E-state index contributed by atoms with van der Waals surface area (Å²) in [5.74, 6) is 1.72. The molecule has 2 aliphatic rings. The van der Waals surface area contributed by atoms with Crippen LogP contribution in [-0.2, 0) is 4.79 Å². The molecule has 0 saturated carbocycles. The lowest BCUT2D eigenvalue weighted by Gasteiger charge is -2.26. The van der Waals surface area contributed by atoms with Crippen LogP contribution in [0, 0.1) is 0 Å². The fourth-order valence-electron chi connectivity index (χ4n) is 3.94. The highest BCUT2D eigenvalue weighted by molar-refractivity contribution is 7.98. The van der Waals surface area contributed by atoms with Crippen molar-refractivity contribution in [2.75, 3.05) is 37.9 Å².